The lowest BCUT2D eigenvalue weighted by Crippen LogP contribution is -2.55. The summed E-state index contributed by atoms with van der Waals surface area (Å²) >= 11 is 6.34. The number of aliphatic hydroxyl groups is 1. The maximum Gasteiger partial charge on any atom is 0.424 e. The molecule has 0 spiro atoms. The number of Topliss-reactive ketones (excluding diaryl/α,β-unsaturated/α-hetero) is 1. The van der Waals surface area contributed by atoms with Crippen LogP contribution in [0.2, 0.25) is 5.02 Å². The SMILES string of the molecule is Cc1noc(=O)c2ccc(C(=O)C(O)(CC3(c4ccccc4Cl)CCCC3)C(F)(F)F)c(N)c12. The molecule has 0 saturated heterocycles. The van der Waals surface area contributed by atoms with E-state index in [9.17, 15) is 27.9 Å². The number of alkyl halides is 3. The molecule has 180 valence electrons. The fourth-order valence-electron chi connectivity index (χ4n) is 5.09. The van der Waals surface area contributed by atoms with Gasteiger partial charge < -0.3 is 15.4 Å². The number of hydrogen-bond acceptors (Lipinski definition) is 6. The van der Waals surface area contributed by atoms with Crippen LogP contribution in [0.4, 0.5) is 18.9 Å². The Balaban J connectivity index is 1.88. The van der Waals surface area contributed by atoms with E-state index < -0.39 is 40.6 Å². The number of anilines is 1. The second-order valence-electron chi connectivity index (χ2n) is 8.84. The van der Waals surface area contributed by atoms with Crippen LogP contribution >= 0.6 is 11.6 Å². The molecule has 1 aliphatic carbocycles. The average molecular weight is 495 g/mol. The van der Waals surface area contributed by atoms with Crippen LogP contribution in [0.1, 0.15) is 53.7 Å². The van der Waals surface area contributed by atoms with Crippen molar-refractivity contribution in [2.75, 3.05) is 5.73 Å². The Morgan fingerprint density at radius 2 is 1.85 bits per heavy atom. The van der Waals surface area contributed by atoms with Gasteiger partial charge in [-0.25, -0.2) is 4.79 Å². The molecule has 1 fully saturated rings. The van der Waals surface area contributed by atoms with Gasteiger partial charge in [0.25, 0.3) is 0 Å². The van der Waals surface area contributed by atoms with Crippen molar-refractivity contribution < 1.29 is 27.6 Å². The van der Waals surface area contributed by atoms with Gasteiger partial charge in [-0.05, 0) is 43.5 Å². The van der Waals surface area contributed by atoms with Crippen LogP contribution in [0.25, 0.3) is 10.8 Å². The summed E-state index contributed by atoms with van der Waals surface area (Å²) in [7, 11) is 0. The van der Waals surface area contributed by atoms with Crippen molar-refractivity contribution in [2.24, 2.45) is 0 Å². The fraction of sp³-hybridized carbons (Fsp3) is 0.375. The largest absolute Gasteiger partial charge is 0.424 e. The van der Waals surface area contributed by atoms with Crippen molar-refractivity contribution in [3.63, 3.8) is 0 Å². The second kappa shape index (κ2) is 8.39. The van der Waals surface area contributed by atoms with Gasteiger partial charge in [-0.2, -0.15) is 13.2 Å². The number of halogens is 4. The van der Waals surface area contributed by atoms with Crippen LogP contribution in [0, 0.1) is 6.92 Å². The molecule has 1 heterocycles. The third kappa shape index (κ3) is 3.76. The van der Waals surface area contributed by atoms with E-state index in [1.54, 1.807) is 24.3 Å². The maximum absolute atomic E-state index is 14.4. The van der Waals surface area contributed by atoms with E-state index in [4.69, 9.17) is 17.3 Å². The lowest BCUT2D eigenvalue weighted by Gasteiger charge is -2.39. The first-order valence-corrected chi connectivity index (χ1v) is 11.1. The highest BCUT2D eigenvalue weighted by Gasteiger charge is 2.63. The molecule has 0 amide bonds. The Hall–Kier alpha value is -2.91. The van der Waals surface area contributed by atoms with E-state index >= 15 is 0 Å². The first kappa shape index (κ1) is 24.2. The molecule has 3 aromatic rings. The number of aryl methyl sites for hydroxylation is 1. The number of nitrogens with zero attached hydrogens (tertiary/aromatic N) is 1. The van der Waals surface area contributed by atoms with Gasteiger partial charge in [-0.3, -0.25) is 4.79 Å². The predicted molar refractivity (Wildman–Crippen MR) is 121 cm³/mol. The summed E-state index contributed by atoms with van der Waals surface area (Å²) in [5.41, 5.74) is 0.00336. The summed E-state index contributed by atoms with van der Waals surface area (Å²) < 4.78 is 48.0. The van der Waals surface area contributed by atoms with E-state index in [-0.39, 0.29) is 27.2 Å². The van der Waals surface area contributed by atoms with E-state index in [1.807, 2.05) is 0 Å². The van der Waals surface area contributed by atoms with Crippen LogP contribution in [0.5, 0.6) is 0 Å². The van der Waals surface area contributed by atoms with Gasteiger partial charge in [0.15, 0.2) is 0 Å². The van der Waals surface area contributed by atoms with Crippen LogP contribution in [-0.2, 0) is 5.41 Å². The molecule has 1 aromatic heterocycles. The number of benzene rings is 2. The number of carbonyl (C=O) groups excluding carboxylic acids is 1. The number of ketones is 1. The monoisotopic (exact) mass is 494 g/mol. The maximum atomic E-state index is 14.4. The average Bonchev–Trinajstić information content (AvgIpc) is 3.24. The summed E-state index contributed by atoms with van der Waals surface area (Å²) in [4.78, 5) is 25.4. The van der Waals surface area contributed by atoms with Gasteiger partial charge in [-0.1, -0.05) is 47.8 Å². The molecule has 34 heavy (non-hydrogen) atoms. The summed E-state index contributed by atoms with van der Waals surface area (Å²) in [6.07, 6.45) is -4.28. The molecule has 0 aliphatic heterocycles. The smallest absolute Gasteiger partial charge is 0.398 e. The van der Waals surface area contributed by atoms with Gasteiger partial charge in [0.2, 0.25) is 11.4 Å². The van der Waals surface area contributed by atoms with E-state index in [2.05, 4.69) is 9.68 Å². The lowest BCUT2D eigenvalue weighted by molar-refractivity contribution is -0.243. The zero-order valence-electron chi connectivity index (χ0n) is 18.2. The first-order chi connectivity index (χ1) is 15.9. The lowest BCUT2D eigenvalue weighted by atomic mass is 9.69. The molecular weight excluding hydrogens is 473 g/mol. The molecule has 1 atom stereocenters. The van der Waals surface area contributed by atoms with E-state index in [1.165, 1.54) is 6.92 Å². The summed E-state index contributed by atoms with van der Waals surface area (Å²) in [6, 6.07) is 8.69. The van der Waals surface area contributed by atoms with Crippen LogP contribution in [0.3, 0.4) is 0 Å². The predicted octanol–water partition coefficient (Wildman–Crippen LogP) is 5.11. The second-order valence-corrected chi connectivity index (χ2v) is 9.24. The molecule has 0 bridgehead atoms. The minimum atomic E-state index is -5.30. The van der Waals surface area contributed by atoms with Crippen molar-refractivity contribution in [1.82, 2.24) is 5.16 Å². The van der Waals surface area contributed by atoms with Crippen molar-refractivity contribution in [2.45, 2.75) is 56.2 Å². The van der Waals surface area contributed by atoms with E-state index in [0.29, 0.717) is 31.2 Å². The van der Waals surface area contributed by atoms with Gasteiger partial charge >= 0.3 is 11.8 Å². The Morgan fingerprint density at radius 1 is 1.21 bits per heavy atom. The third-order valence-electron chi connectivity index (χ3n) is 6.78. The number of carbonyl (C=O) groups is 1. The van der Waals surface area contributed by atoms with E-state index in [0.717, 1.165) is 12.1 Å². The summed E-state index contributed by atoms with van der Waals surface area (Å²) in [5.74, 6) is -1.59. The molecule has 1 saturated carbocycles. The van der Waals surface area contributed by atoms with Crippen molar-refractivity contribution in [3.8, 4) is 0 Å². The number of nitrogen functional groups attached to an aromatic ring is 1. The Morgan fingerprint density at radius 3 is 2.47 bits per heavy atom. The normalized spacial score (nSPS) is 17.6. The van der Waals surface area contributed by atoms with Gasteiger partial charge in [0.1, 0.15) is 0 Å². The first-order valence-electron chi connectivity index (χ1n) is 10.7. The van der Waals surface area contributed by atoms with Crippen molar-refractivity contribution >= 4 is 33.8 Å². The summed E-state index contributed by atoms with van der Waals surface area (Å²) in [6.45, 7) is 1.44. The minimum absolute atomic E-state index is 0.00769. The Labute approximate surface area is 197 Å². The minimum Gasteiger partial charge on any atom is -0.398 e. The van der Waals surface area contributed by atoms with Gasteiger partial charge in [0, 0.05) is 27.8 Å². The molecule has 3 N–H and O–H groups in total. The third-order valence-corrected chi connectivity index (χ3v) is 7.11. The van der Waals surface area contributed by atoms with Crippen LogP contribution in [0.15, 0.2) is 45.7 Å². The summed E-state index contributed by atoms with van der Waals surface area (Å²) in [5, 5.41) is 14.9. The highest BCUT2D eigenvalue weighted by molar-refractivity contribution is 6.31. The molecule has 2 aromatic carbocycles. The Kier molecular flexibility index (Phi) is 5.98. The van der Waals surface area contributed by atoms with Crippen LogP contribution < -0.4 is 11.4 Å². The van der Waals surface area contributed by atoms with Crippen molar-refractivity contribution in [3.05, 3.63) is 68.7 Å². The van der Waals surface area contributed by atoms with Gasteiger partial charge in [-0.15, -0.1) is 0 Å². The highest BCUT2D eigenvalue weighted by Crippen LogP contribution is 2.52. The molecule has 1 unspecified atom stereocenters. The topological polar surface area (TPSA) is 106 Å². The molecule has 4 rings (SSSR count). The number of fused-ring (bicyclic) bond motifs is 1. The fourth-order valence-corrected chi connectivity index (χ4v) is 5.42. The quantitative estimate of drug-likeness (QED) is 0.377. The standard InChI is InChI=1S/C24H22ClF3N2O4/c1-13-18-14(21(32)34-30-13)8-9-15(19(18)29)20(31)23(33,24(26,27)28)12-22(10-4-5-11-22)16-6-2-3-7-17(16)25/h2-3,6-9,33H,4-5,10-12,29H2,1H3. The molecular formula is C24H22ClF3N2O4. The zero-order chi connectivity index (χ0) is 24.9. The number of hydrogen-bond donors (Lipinski definition) is 2. The zero-order valence-corrected chi connectivity index (χ0v) is 19.0. The molecule has 6 nitrogen and oxygen atoms in total. The molecule has 0 radical (unpaired) electrons. The highest BCUT2D eigenvalue weighted by atomic mass is 35.5. The Bertz CT molecular complexity index is 1330. The number of nitrogens with two attached hydrogens (primary N) is 1. The van der Waals surface area contributed by atoms with Crippen molar-refractivity contribution in [1.29, 1.82) is 0 Å². The van der Waals surface area contributed by atoms with Gasteiger partial charge in [0.05, 0.1) is 16.8 Å². The molecule has 1 aliphatic rings. The number of aromatic nitrogens is 1. The molecule has 10 heteroatoms. The number of rotatable bonds is 5. The van der Waals surface area contributed by atoms with Crippen LogP contribution in [-0.4, -0.2) is 27.8 Å².